The van der Waals surface area contributed by atoms with Gasteiger partial charge in [0.2, 0.25) is 10.0 Å². The van der Waals surface area contributed by atoms with Crippen molar-refractivity contribution >= 4 is 21.6 Å². The summed E-state index contributed by atoms with van der Waals surface area (Å²) in [7, 11) is -3.57. The third kappa shape index (κ3) is 3.42. The monoisotopic (exact) mass is 359 g/mol. The van der Waals surface area contributed by atoms with E-state index in [1.807, 2.05) is 6.92 Å². The third-order valence-corrected chi connectivity index (χ3v) is 7.03. The quantitative estimate of drug-likeness (QED) is 0.732. The van der Waals surface area contributed by atoms with Gasteiger partial charge < -0.3 is 9.47 Å². The van der Waals surface area contributed by atoms with Crippen LogP contribution in [0.2, 0.25) is 5.02 Å². The second kappa shape index (κ2) is 7.07. The molecule has 2 saturated heterocycles. The van der Waals surface area contributed by atoms with E-state index >= 15 is 0 Å². The molecule has 0 aromatic heterocycles. The second-order valence-corrected chi connectivity index (χ2v) is 8.35. The standard InChI is InChI=1S/C16H22ClNO4S/c1-2-21-8-7-12-11-22-15-10-18(9-13(12)15)23(19,20)16-6-4-3-5-14(16)17/h3-6,12-13,15H,2,7-11H2,1H3/t12-,13-,15-/m0/s1. The lowest BCUT2D eigenvalue weighted by Crippen LogP contribution is -2.31. The molecule has 128 valence electrons. The van der Waals surface area contributed by atoms with E-state index in [0.717, 1.165) is 6.42 Å². The molecule has 0 bridgehead atoms. The van der Waals surface area contributed by atoms with Gasteiger partial charge >= 0.3 is 0 Å². The summed E-state index contributed by atoms with van der Waals surface area (Å²) in [6.45, 7) is 4.97. The van der Waals surface area contributed by atoms with E-state index in [1.54, 1.807) is 24.3 Å². The summed E-state index contributed by atoms with van der Waals surface area (Å²) >= 11 is 6.07. The highest BCUT2D eigenvalue weighted by Gasteiger charge is 2.47. The van der Waals surface area contributed by atoms with Gasteiger partial charge in [0.15, 0.2) is 0 Å². The highest BCUT2D eigenvalue weighted by atomic mass is 35.5. The van der Waals surface area contributed by atoms with E-state index in [0.29, 0.717) is 38.8 Å². The van der Waals surface area contributed by atoms with Crippen molar-refractivity contribution < 1.29 is 17.9 Å². The zero-order valence-corrected chi connectivity index (χ0v) is 14.7. The molecule has 0 unspecified atom stereocenters. The van der Waals surface area contributed by atoms with Gasteiger partial charge in [0.1, 0.15) is 4.90 Å². The molecule has 0 aliphatic carbocycles. The van der Waals surface area contributed by atoms with E-state index in [4.69, 9.17) is 21.1 Å². The van der Waals surface area contributed by atoms with Gasteiger partial charge in [-0.05, 0) is 31.4 Å². The molecule has 0 amide bonds. The van der Waals surface area contributed by atoms with Crippen molar-refractivity contribution in [2.24, 2.45) is 11.8 Å². The maximum atomic E-state index is 12.8. The summed E-state index contributed by atoms with van der Waals surface area (Å²) in [4.78, 5) is 0.174. The van der Waals surface area contributed by atoms with Crippen LogP contribution in [0, 0.1) is 11.8 Å². The van der Waals surface area contributed by atoms with Gasteiger partial charge in [-0.3, -0.25) is 0 Å². The molecule has 0 spiro atoms. The zero-order valence-electron chi connectivity index (χ0n) is 13.2. The van der Waals surface area contributed by atoms with E-state index in [-0.39, 0.29) is 21.9 Å². The largest absolute Gasteiger partial charge is 0.382 e. The first-order valence-electron chi connectivity index (χ1n) is 7.98. The maximum Gasteiger partial charge on any atom is 0.244 e. The van der Waals surface area contributed by atoms with Gasteiger partial charge in [-0.25, -0.2) is 8.42 Å². The lowest BCUT2D eigenvalue weighted by Gasteiger charge is -2.20. The van der Waals surface area contributed by atoms with Crippen molar-refractivity contribution in [3.63, 3.8) is 0 Å². The molecule has 1 aromatic rings. The fraction of sp³-hybridized carbons (Fsp3) is 0.625. The Morgan fingerprint density at radius 1 is 1.35 bits per heavy atom. The third-order valence-electron chi connectivity index (χ3n) is 4.70. The van der Waals surface area contributed by atoms with Crippen molar-refractivity contribution in [1.29, 1.82) is 0 Å². The molecular formula is C16H22ClNO4S. The van der Waals surface area contributed by atoms with Crippen LogP contribution in [-0.4, -0.2) is 51.7 Å². The molecular weight excluding hydrogens is 338 g/mol. The van der Waals surface area contributed by atoms with Gasteiger partial charge in [0.25, 0.3) is 0 Å². The van der Waals surface area contributed by atoms with Gasteiger partial charge in [-0.15, -0.1) is 0 Å². The summed E-state index contributed by atoms with van der Waals surface area (Å²) in [6, 6.07) is 6.58. The summed E-state index contributed by atoms with van der Waals surface area (Å²) in [5.74, 6) is 0.603. The first kappa shape index (κ1) is 17.2. The molecule has 7 heteroatoms. The van der Waals surface area contributed by atoms with Crippen LogP contribution in [0.1, 0.15) is 13.3 Å². The summed E-state index contributed by atoms with van der Waals surface area (Å²) in [5, 5.41) is 0.262. The van der Waals surface area contributed by atoms with Crippen molar-refractivity contribution in [3.05, 3.63) is 29.3 Å². The summed E-state index contributed by atoms with van der Waals surface area (Å²) in [5.41, 5.74) is 0. The topological polar surface area (TPSA) is 55.8 Å². The average molecular weight is 360 g/mol. The van der Waals surface area contributed by atoms with Crippen LogP contribution < -0.4 is 0 Å². The Morgan fingerprint density at radius 2 is 2.13 bits per heavy atom. The fourth-order valence-electron chi connectivity index (χ4n) is 3.43. The Bertz CT molecular complexity index is 651. The first-order chi connectivity index (χ1) is 11.0. The number of rotatable bonds is 6. The molecule has 1 aromatic carbocycles. The van der Waals surface area contributed by atoms with Crippen LogP contribution >= 0.6 is 11.6 Å². The molecule has 0 radical (unpaired) electrons. The van der Waals surface area contributed by atoms with Crippen molar-refractivity contribution in [3.8, 4) is 0 Å². The molecule has 2 fully saturated rings. The Labute approximate surface area is 142 Å². The number of halogens is 1. The smallest absolute Gasteiger partial charge is 0.244 e. The van der Waals surface area contributed by atoms with Crippen LogP contribution in [-0.2, 0) is 19.5 Å². The lowest BCUT2D eigenvalue weighted by atomic mass is 9.91. The number of hydrogen-bond donors (Lipinski definition) is 0. The minimum absolute atomic E-state index is 0.0149. The molecule has 0 saturated carbocycles. The van der Waals surface area contributed by atoms with E-state index in [2.05, 4.69) is 0 Å². The van der Waals surface area contributed by atoms with Crippen LogP contribution in [0.5, 0.6) is 0 Å². The number of nitrogens with zero attached hydrogens (tertiary/aromatic N) is 1. The van der Waals surface area contributed by atoms with Gasteiger partial charge in [0.05, 0.1) is 17.7 Å². The predicted octanol–water partition coefficient (Wildman–Crippen LogP) is 2.40. The Balaban J connectivity index is 1.71. The molecule has 5 nitrogen and oxygen atoms in total. The number of sulfonamides is 1. The molecule has 3 rings (SSSR count). The van der Waals surface area contributed by atoms with Gasteiger partial charge in [-0.2, -0.15) is 4.31 Å². The molecule has 2 aliphatic heterocycles. The minimum atomic E-state index is -3.57. The molecule has 23 heavy (non-hydrogen) atoms. The molecule has 2 heterocycles. The highest BCUT2D eigenvalue weighted by molar-refractivity contribution is 7.89. The van der Waals surface area contributed by atoms with Crippen molar-refractivity contribution in [2.45, 2.75) is 24.3 Å². The molecule has 2 aliphatic rings. The van der Waals surface area contributed by atoms with Crippen LogP contribution in [0.3, 0.4) is 0 Å². The normalized spacial score (nSPS) is 28.2. The van der Waals surface area contributed by atoms with E-state index < -0.39 is 10.0 Å². The Morgan fingerprint density at radius 3 is 2.87 bits per heavy atom. The average Bonchev–Trinajstić information content (AvgIpc) is 3.10. The number of benzene rings is 1. The molecule has 3 atom stereocenters. The number of fused-ring (bicyclic) bond motifs is 1. The Kier molecular flexibility index (Phi) is 5.28. The highest BCUT2D eigenvalue weighted by Crippen LogP contribution is 2.38. The number of hydrogen-bond acceptors (Lipinski definition) is 4. The fourth-order valence-corrected chi connectivity index (χ4v) is 5.41. The van der Waals surface area contributed by atoms with Gasteiger partial charge in [-0.1, -0.05) is 23.7 Å². The van der Waals surface area contributed by atoms with E-state index in [1.165, 1.54) is 4.31 Å². The van der Waals surface area contributed by atoms with Gasteiger partial charge in [0, 0.05) is 32.2 Å². The van der Waals surface area contributed by atoms with Crippen molar-refractivity contribution in [2.75, 3.05) is 32.9 Å². The van der Waals surface area contributed by atoms with Crippen LogP contribution in [0.25, 0.3) is 0 Å². The van der Waals surface area contributed by atoms with E-state index in [9.17, 15) is 8.42 Å². The maximum absolute atomic E-state index is 12.8. The summed E-state index contributed by atoms with van der Waals surface area (Å²) in [6.07, 6.45) is 0.897. The Hall–Kier alpha value is -0.660. The second-order valence-electron chi connectivity index (χ2n) is 6.03. The minimum Gasteiger partial charge on any atom is -0.382 e. The SMILES string of the molecule is CCOCC[C@H]1CO[C@H]2CN(S(=O)(=O)c3ccccc3Cl)C[C@@H]12. The first-order valence-corrected chi connectivity index (χ1v) is 9.80. The summed E-state index contributed by atoms with van der Waals surface area (Å²) < 4.78 is 38.4. The molecule has 0 N–H and O–H groups in total. The lowest BCUT2D eigenvalue weighted by molar-refractivity contribution is 0.0963. The predicted molar refractivity (Wildman–Crippen MR) is 88.0 cm³/mol. The number of ether oxygens (including phenoxy) is 2. The van der Waals surface area contributed by atoms with Crippen LogP contribution in [0.15, 0.2) is 29.2 Å². The van der Waals surface area contributed by atoms with Crippen molar-refractivity contribution in [1.82, 2.24) is 4.31 Å². The van der Waals surface area contributed by atoms with Crippen LogP contribution in [0.4, 0.5) is 0 Å². The zero-order chi connectivity index (χ0) is 16.4.